The Morgan fingerprint density at radius 3 is 2.71 bits per heavy atom. The first-order valence-corrected chi connectivity index (χ1v) is 5.93. The first-order chi connectivity index (χ1) is 8.04. The minimum absolute atomic E-state index is 0.151. The van der Waals surface area contributed by atoms with Crippen molar-refractivity contribution in [3.63, 3.8) is 0 Å². The summed E-state index contributed by atoms with van der Waals surface area (Å²) in [6, 6.07) is 0.151. The van der Waals surface area contributed by atoms with Crippen LogP contribution in [0.15, 0.2) is 6.33 Å². The molecule has 0 bridgehead atoms. The summed E-state index contributed by atoms with van der Waals surface area (Å²) >= 11 is 0. The van der Waals surface area contributed by atoms with Gasteiger partial charge in [-0.3, -0.25) is 0 Å². The number of hydrogen-bond acceptors (Lipinski definition) is 5. The van der Waals surface area contributed by atoms with E-state index in [2.05, 4.69) is 15.3 Å². The molecule has 0 aromatic carbocycles. The molecule has 2 unspecified atom stereocenters. The second-order valence-corrected chi connectivity index (χ2v) is 4.22. The summed E-state index contributed by atoms with van der Waals surface area (Å²) in [6.07, 6.45) is 1.83. The second kappa shape index (κ2) is 6.39. The minimum atomic E-state index is -0.328. The summed E-state index contributed by atoms with van der Waals surface area (Å²) in [4.78, 5) is 8.26. The summed E-state index contributed by atoms with van der Waals surface area (Å²) in [7, 11) is 0. The van der Waals surface area contributed by atoms with E-state index in [1.54, 1.807) is 6.92 Å². The largest absolute Gasteiger partial charge is 0.478 e. The molecule has 96 valence electrons. The van der Waals surface area contributed by atoms with Crippen LogP contribution >= 0.6 is 0 Å². The molecule has 0 aliphatic rings. The van der Waals surface area contributed by atoms with Crippen LogP contribution in [-0.2, 0) is 0 Å². The van der Waals surface area contributed by atoms with Crippen LogP contribution in [0.25, 0.3) is 0 Å². The molecular weight excluding hydrogens is 218 g/mol. The van der Waals surface area contributed by atoms with Gasteiger partial charge in [-0.05, 0) is 34.1 Å². The molecule has 1 heterocycles. The molecule has 0 spiro atoms. The highest BCUT2D eigenvalue weighted by Gasteiger charge is 2.11. The Bertz CT molecular complexity index is 356. The predicted octanol–water partition coefficient (Wildman–Crippen LogP) is 1.76. The molecule has 0 fully saturated rings. The molecule has 5 nitrogen and oxygen atoms in total. The number of anilines is 1. The molecule has 0 amide bonds. The second-order valence-electron chi connectivity index (χ2n) is 4.22. The van der Waals surface area contributed by atoms with Gasteiger partial charge in [-0.15, -0.1) is 0 Å². The van der Waals surface area contributed by atoms with Crippen LogP contribution in [-0.4, -0.2) is 33.8 Å². The Morgan fingerprint density at radius 1 is 1.41 bits per heavy atom. The van der Waals surface area contributed by atoms with Gasteiger partial charge >= 0.3 is 0 Å². The number of ether oxygens (including phenoxy) is 1. The van der Waals surface area contributed by atoms with Crippen LogP contribution < -0.4 is 10.1 Å². The van der Waals surface area contributed by atoms with Crippen LogP contribution in [0, 0.1) is 6.92 Å². The van der Waals surface area contributed by atoms with Gasteiger partial charge in [-0.25, -0.2) is 9.97 Å². The average molecular weight is 239 g/mol. The maximum Gasteiger partial charge on any atom is 0.221 e. The van der Waals surface area contributed by atoms with Crippen molar-refractivity contribution >= 4 is 5.82 Å². The van der Waals surface area contributed by atoms with E-state index in [1.807, 2.05) is 20.8 Å². The van der Waals surface area contributed by atoms with Crippen LogP contribution in [0.2, 0.25) is 0 Å². The maximum absolute atomic E-state index is 9.31. The van der Waals surface area contributed by atoms with Crippen molar-refractivity contribution < 1.29 is 9.84 Å². The van der Waals surface area contributed by atoms with Crippen LogP contribution in [0.1, 0.15) is 32.8 Å². The SMILES string of the molecule is CCOc1ncnc(NC(C)CC(C)O)c1C. The first-order valence-electron chi connectivity index (χ1n) is 5.93. The lowest BCUT2D eigenvalue weighted by atomic mass is 10.1. The monoisotopic (exact) mass is 239 g/mol. The molecule has 2 N–H and O–H groups in total. The van der Waals surface area contributed by atoms with Gasteiger partial charge < -0.3 is 15.2 Å². The van der Waals surface area contributed by atoms with Crippen molar-refractivity contribution in [1.29, 1.82) is 0 Å². The Kier molecular flexibility index (Phi) is 5.15. The highest BCUT2D eigenvalue weighted by Crippen LogP contribution is 2.21. The third-order valence-corrected chi connectivity index (χ3v) is 2.40. The van der Waals surface area contributed by atoms with Crippen molar-refractivity contribution in [2.24, 2.45) is 0 Å². The Balaban J connectivity index is 2.73. The number of aliphatic hydroxyl groups is 1. The van der Waals surface area contributed by atoms with Gasteiger partial charge in [-0.1, -0.05) is 0 Å². The van der Waals surface area contributed by atoms with E-state index in [0.717, 1.165) is 11.4 Å². The van der Waals surface area contributed by atoms with E-state index in [9.17, 15) is 5.11 Å². The molecule has 2 atom stereocenters. The summed E-state index contributed by atoms with van der Waals surface area (Å²) in [5.41, 5.74) is 0.895. The molecule has 1 rings (SSSR count). The molecule has 17 heavy (non-hydrogen) atoms. The molecule has 0 aliphatic carbocycles. The van der Waals surface area contributed by atoms with Crippen molar-refractivity contribution in [1.82, 2.24) is 9.97 Å². The lowest BCUT2D eigenvalue weighted by molar-refractivity contribution is 0.179. The lowest BCUT2D eigenvalue weighted by Crippen LogP contribution is -2.22. The predicted molar refractivity (Wildman–Crippen MR) is 67.3 cm³/mol. The molecule has 0 saturated heterocycles. The van der Waals surface area contributed by atoms with Crippen LogP contribution in [0.4, 0.5) is 5.82 Å². The third-order valence-electron chi connectivity index (χ3n) is 2.40. The topological polar surface area (TPSA) is 67.3 Å². The van der Waals surface area contributed by atoms with Gasteiger partial charge in [-0.2, -0.15) is 0 Å². The zero-order chi connectivity index (χ0) is 12.8. The smallest absolute Gasteiger partial charge is 0.221 e. The molecule has 1 aromatic heterocycles. The Hall–Kier alpha value is -1.36. The van der Waals surface area contributed by atoms with Crippen LogP contribution in [0.3, 0.4) is 0 Å². The zero-order valence-electron chi connectivity index (χ0n) is 10.9. The molecule has 0 aliphatic heterocycles. The number of nitrogens with zero attached hydrogens (tertiary/aromatic N) is 2. The molecular formula is C12H21N3O2. The molecule has 5 heteroatoms. The van der Waals surface area contributed by atoms with Gasteiger partial charge in [0.25, 0.3) is 0 Å². The fourth-order valence-corrected chi connectivity index (χ4v) is 1.67. The molecule has 0 saturated carbocycles. The van der Waals surface area contributed by atoms with E-state index < -0.39 is 0 Å². The summed E-state index contributed by atoms with van der Waals surface area (Å²) in [6.45, 7) is 8.21. The van der Waals surface area contributed by atoms with Crippen molar-refractivity contribution in [2.75, 3.05) is 11.9 Å². The number of aromatic nitrogens is 2. The van der Waals surface area contributed by atoms with E-state index >= 15 is 0 Å². The van der Waals surface area contributed by atoms with Crippen molar-refractivity contribution in [3.8, 4) is 5.88 Å². The summed E-state index contributed by atoms with van der Waals surface area (Å²) < 4.78 is 5.40. The number of aliphatic hydroxyl groups excluding tert-OH is 1. The quantitative estimate of drug-likeness (QED) is 0.791. The Labute approximate surface area is 102 Å². The van der Waals surface area contributed by atoms with E-state index in [4.69, 9.17) is 4.74 Å². The highest BCUT2D eigenvalue weighted by molar-refractivity contribution is 5.48. The van der Waals surface area contributed by atoms with Crippen molar-refractivity contribution in [3.05, 3.63) is 11.9 Å². The fourth-order valence-electron chi connectivity index (χ4n) is 1.67. The van der Waals surface area contributed by atoms with Crippen LogP contribution in [0.5, 0.6) is 5.88 Å². The lowest BCUT2D eigenvalue weighted by Gasteiger charge is -2.18. The zero-order valence-corrected chi connectivity index (χ0v) is 10.9. The normalized spacial score (nSPS) is 14.2. The molecule has 0 radical (unpaired) electrons. The third kappa shape index (κ3) is 4.19. The van der Waals surface area contributed by atoms with Gasteiger partial charge in [0.2, 0.25) is 5.88 Å². The minimum Gasteiger partial charge on any atom is -0.478 e. The van der Waals surface area contributed by atoms with E-state index in [1.165, 1.54) is 6.33 Å². The highest BCUT2D eigenvalue weighted by atomic mass is 16.5. The van der Waals surface area contributed by atoms with E-state index in [0.29, 0.717) is 18.9 Å². The van der Waals surface area contributed by atoms with Crippen molar-refractivity contribution in [2.45, 2.75) is 46.3 Å². The van der Waals surface area contributed by atoms with Gasteiger partial charge in [0.05, 0.1) is 18.3 Å². The summed E-state index contributed by atoms with van der Waals surface area (Å²) in [5, 5.41) is 12.6. The standard InChI is InChI=1S/C12H21N3O2/c1-5-17-12-10(4)11(13-7-14-12)15-8(2)6-9(3)16/h7-9,16H,5-6H2,1-4H3,(H,13,14,15). The number of rotatable bonds is 6. The Morgan fingerprint density at radius 2 is 2.12 bits per heavy atom. The fraction of sp³-hybridized carbons (Fsp3) is 0.667. The van der Waals surface area contributed by atoms with Gasteiger partial charge in [0, 0.05) is 6.04 Å². The average Bonchev–Trinajstić information content (AvgIpc) is 2.23. The van der Waals surface area contributed by atoms with E-state index in [-0.39, 0.29) is 12.1 Å². The van der Waals surface area contributed by atoms with Gasteiger partial charge in [0.1, 0.15) is 12.1 Å². The number of hydrogen-bond donors (Lipinski definition) is 2. The number of nitrogens with one attached hydrogen (secondary N) is 1. The molecule has 1 aromatic rings. The van der Waals surface area contributed by atoms with Gasteiger partial charge in [0.15, 0.2) is 0 Å². The first kappa shape index (κ1) is 13.7. The maximum atomic E-state index is 9.31. The summed E-state index contributed by atoms with van der Waals surface area (Å²) in [5.74, 6) is 1.37.